The van der Waals surface area contributed by atoms with Crippen molar-refractivity contribution < 1.29 is 14.3 Å². The lowest BCUT2D eigenvalue weighted by molar-refractivity contribution is -0.126. The minimum absolute atomic E-state index is 0.0294. The van der Waals surface area contributed by atoms with Gasteiger partial charge in [0, 0.05) is 24.6 Å². The molecule has 0 unspecified atom stereocenters. The van der Waals surface area contributed by atoms with Crippen molar-refractivity contribution in [2.45, 2.75) is 44.4 Å². The van der Waals surface area contributed by atoms with Gasteiger partial charge in [0.15, 0.2) is 0 Å². The highest BCUT2D eigenvalue weighted by Crippen LogP contribution is 2.15. The molecule has 1 aliphatic heterocycles. The van der Waals surface area contributed by atoms with Gasteiger partial charge in [-0.2, -0.15) is 5.10 Å². The highest BCUT2D eigenvalue weighted by atomic mass is 32.1. The van der Waals surface area contributed by atoms with E-state index in [2.05, 4.69) is 20.5 Å². The molecule has 1 saturated heterocycles. The van der Waals surface area contributed by atoms with Crippen LogP contribution in [0.15, 0.2) is 23.3 Å². The molecule has 1 fully saturated rings. The molecular weight excluding hydrogens is 328 g/mol. The second kappa shape index (κ2) is 8.91. The normalized spacial score (nSPS) is 20.8. The number of carbonyl (C=O) groups excluding carboxylic acids is 1. The van der Waals surface area contributed by atoms with E-state index in [1.54, 1.807) is 23.0 Å². The van der Waals surface area contributed by atoms with Gasteiger partial charge in [-0.3, -0.25) is 9.89 Å². The maximum atomic E-state index is 12.2. The number of hydrogen-bond acceptors (Lipinski definition) is 6. The van der Waals surface area contributed by atoms with Crippen molar-refractivity contribution in [1.29, 1.82) is 0 Å². The maximum Gasteiger partial charge on any atom is 0.220 e. The third-order valence-electron chi connectivity index (χ3n) is 3.99. The molecule has 0 spiro atoms. The number of nitrogens with one attached hydrogen (secondary N) is 2. The van der Waals surface area contributed by atoms with Crippen LogP contribution in [0.25, 0.3) is 0 Å². The molecule has 1 aliphatic rings. The number of aromatic amines is 1. The molecule has 0 bridgehead atoms. The number of aromatic nitrogens is 3. The summed E-state index contributed by atoms with van der Waals surface area (Å²) >= 11 is 1.55. The average Bonchev–Trinajstić information content (AvgIpc) is 3.28. The van der Waals surface area contributed by atoms with Crippen LogP contribution >= 0.6 is 11.3 Å². The third kappa shape index (κ3) is 5.12. The Labute approximate surface area is 144 Å². The van der Waals surface area contributed by atoms with Gasteiger partial charge >= 0.3 is 0 Å². The predicted molar refractivity (Wildman–Crippen MR) is 89.6 cm³/mol. The SMILES string of the molecule is O=C(CCCc1cn[nH]c1)N[C@@H]1COCC[C@@H]1OCc1cscn1. The van der Waals surface area contributed by atoms with E-state index in [0.717, 1.165) is 30.5 Å². The Hall–Kier alpha value is -1.77. The van der Waals surface area contributed by atoms with Crippen molar-refractivity contribution in [2.75, 3.05) is 13.2 Å². The van der Waals surface area contributed by atoms with Crippen molar-refractivity contribution in [3.05, 3.63) is 34.5 Å². The van der Waals surface area contributed by atoms with Crippen LogP contribution in [0.5, 0.6) is 0 Å². The van der Waals surface area contributed by atoms with Crippen LogP contribution in [0.3, 0.4) is 0 Å². The number of hydrogen-bond donors (Lipinski definition) is 2. The van der Waals surface area contributed by atoms with Crippen LogP contribution in [-0.2, 0) is 27.3 Å². The standard InChI is InChI=1S/C16H22N4O3S/c21-16(3-1-2-12-6-18-19-7-12)20-14-9-22-5-4-15(14)23-8-13-10-24-11-17-13/h6-7,10-11,14-15H,1-5,8-9H2,(H,18,19)(H,20,21)/t14-,15+/m1/s1. The van der Waals surface area contributed by atoms with Gasteiger partial charge in [-0.25, -0.2) is 4.98 Å². The summed E-state index contributed by atoms with van der Waals surface area (Å²) in [5.74, 6) is 0.0382. The molecule has 130 valence electrons. The van der Waals surface area contributed by atoms with Gasteiger partial charge in [0.25, 0.3) is 0 Å². The van der Waals surface area contributed by atoms with E-state index in [1.807, 2.05) is 11.6 Å². The quantitative estimate of drug-likeness (QED) is 0.756. The van der Waals surface area contributed by atoms with Gasteiger partial charge in [-0.05, 0) is 24.8 Å². The Morgan fingerprint density at radius 1 is 1.54 bits per heavy atom. The van der Waals surface area contributed by atoms with Crippen molar-refractivity contribution >= 4 is 17.2 Å². The molecule has 7 nitrogen and oxygen atoms in total. The lowest BCUT2D eigenvalue weighted by Gasteiger charge is -2.32. The van der Waals surface area contributed by atoms with Crippen LogP contribution in [0.2, 0.25) is 0 Å². The number of amides is 1. The third-order valence-corrected chi connectivity index (χ3v) is 4.63. The van der Waals surface area contributed by atoms with Crippen molar-refractivity contribution in [2.24, 2.45) is 0 Å². The topological polar surface area (TPSA) is 89.1 Å². The minimum atomic E-state index is -0.0983. The molecule has 2 aromatic rings. The Balaban J connectivity index is 1.41. The van der Waals surface area contributed by atoms with E-state index in [4.69, 9.17) is 9.47 Å². The second-order valence-corrected chi connectivity index (χ2v) is 6.55. The summed E-state index contributed by atoms with van der Waals surface area (Å²) in [5.41, 5.74) is 3.84. The molecule has 24 heavy (non-hydrogen) atoms. The first-order valence-corrected chi connectivity index (χ1v) is 9.09. The molecule has 0 aromatic carbocycles. The predicted octanol–water partition coefficient (Wildman–Crippen LogP) is 1.68. The van der Waals surface area contributed by atoms with Crippen LogP contribution in [0, 0.1) is 0 Å². The van der Waals surface area contributed by atoms with E-state index < -0.39 is 0 Å². The van der Waals surface area contributed by atoms with Gasteiger partial charge < -0.3 is 14.8 Å². The van der Waals surface area contributed by atoms with E-state index in [9.17, 15) is 4.79 Å². The maximum absolute atomic E-state index is 12.2. The fraction of sp³-hybridized carbons (Fsp3) is 0.562. The highest BCUT2D eigenvalue weighted by Gasteiger charge is 2.28. The summed E-state index contributed by atoms with van der Waals surface area (Å²) in [4.78, 5) is 16.4. The molecule has 3 heterocycles. The number of ether oxygens (including phenoxy) is 2. The largest absolute Gasteiger partial charge is 0.379 e. The highest BCUT2D eigenvalue weighted by molar-refractivity contribution is 7.07. The van der Waals surface area contributed by atoms with E-state index in [0.29, 0.717) is 26.2 Å². The Morgan fingerprint density at radius 2 is 2.50 bits per heavy atom. The van der Waals surface area contributed by atoms with Crippen LogP contribution in [0.1, 0.15) is 30.5 Å². The lowest BCUT2D eigenvalue weighted by atomic mass is 10.1. The van der Waals surface area contributed by atoms with Crippen LogP contribution in [-0.4, -0.2) is 46.4 Å². The molecule has 2 atom stereocenters. The van der Waals surface area contributed by atoms with Crippen LogP contribution in [0.4, 0.5) is 0 Å². The lowest BCUT2D eigenvalue weighted by Crippen LogP contribution is -2.50. The molecule has 0 radical (unpaired) electrons. The summed E-state index contributed by atoms with van der Waals surface area (Å²) in [5, 5.41) is 11.7. The Kier molecular flexibility index (Phi) is 6.33. The fourth-order valence-electron chi connectivity index (χ4n) is 2.70. The molecule has 2 N–H and O–H groups in total. The zero-order valence-electron chi connectivity index (χ0n) is 13.4. The number of H-pyrrole nitrogens is 1. The van der Waals surface area contributed by atoms with Crippen molar-refractivity contribution in [3.63, 3.8) is 0 Å². The minimum Gasteiger partial charge on any atom is -0.379 e. The Morgan fingerprint density at radius 3 is 3.29 bits per heavy atom. The van der Waals surface area contributed by atoms with E-state index in [1.165, 1.54) is 0 Å². The first kappa shape index (κ1) is 17.1. The van der Waals surface area contributed by atoms with Gasteiger partial charge in [0.1, 0.15) is 0 Å². The molecular formula is C16H22N4O3S. The summed E-state index contributed by atoms with van der Waals surface area (Å²) < 4.78 is 11.4. The van der Waals surface area contributed by atoms with Crippen molar-refractivity contribution in [1.82, 2.24) is 20.5 Å². The summed E-state index contributed by atoms with van der Waals surface area (Å²) in [7, 11) is 0. The van der Waals surface area contributed by atoms with Gasteiger partial charge in [-0.1, -0.05) is 0 Å². The zero-order chi connectivity index (χ0) is 16.6. The van der Waals surface area contributed by atoms with Gasteiger partial charge in [0.2, 0.25) is 5.91 Å². The molecule has 0 aliphatic carbocycles. The number of aryl methyl sites for hydroxylation is 1. The van der Waals surface area contributed by atoms with Crippen molar-refractivity contribution in [3.8, 4) is 0 Å². The Bertz CT molecular complexity index is 603. The van der Waals surface area contributed by atoms with Gasteiger partial charge in [0.05, 0.1) is 42.8 Å². The number of nitrogens with zero attached hydrogens (tertiary/aromatic N) is 2. The van der Waals surface area contributed by atoms with Crippen LogP contribution < -0.4 is 5.32 Å². The summed E-state index contributed by atoms with van der Waals surface area (Å²) in [6, 6.07) is -0.0983. The molecule has 1 amide bonds. The van der Waals surface area contributed by atoms with E-state index in [-0.39, 0.29) is 18.1 Å². The molecule has 2 aromatic heterocycles. The monoisotopic (exact) mass is 350 g/mol. The van der Waals surface area contributed by atoms with E-state index >= 15 is 0 Å². The molecule has 3 rings (SSSR count). The average molecular weight is 350 g/mol. The first-order chi connectivity index (χ1) is 11.8. The molecule has 0 saturated carbocycles. The number of carbonyl (C=O) groups is 1. The van der Waals surface area contributed by atoms with Gasteiger partial charge in [-0.15, -0.1) is 11.3 Å². The summed E-state index contributed by atoms with van der Waals surface area (Å²) in [6.45, 7) is 1.63. The first-order valence-electron chi connectivity index (χ1n) is 8.14. The number of rotatable bonds is 8. The number of thiazole rings is 1. The zero-order valence-corrected chi connectivity index (χ0v) is 14.3. The smallest absolute Gasteiger partial charge is 0.220 e. The fourth-order valence-corrected chi connectivity index (χ4v) is 3.24. The summed E-state index contributed by atoms with van der Waals surface area (Å²) in [6.07, 6.45) is 6.52. The molecule has 8 heteroatoms. The second-order valence-electron chi connectivity index (χ2n) is 5.83.